The predicted molar refractivity (Wildman–Crippen MR) is 138 cm³/mol. The van der Waals surface area contributed by atoms with Gasteiger partial charge < -0.3 is 14.8 Å². The molecule has 1 aliphatic heterocycles. The number of nitrogens with one attached hydrogen (secondary N) is 1. The maximum absolute atomic E-state index is 13.5. The Kier molecular flexibility index (Phi) is 8.70. The molecule has 13 nitrogen and oxygen atoms in total. The van der Waals surface area contributed by atoms with Crippen LogP contribution in [0.2, 0.25) is 0 Å². The zero-order valence-corrected chi connectivity index (χ0v) is 23.1. The minimum Gasteiger partial charge on any atom is -0.569 e. The minimum atomic E-state index is -4.71. The number of hydrazine groups is 1. The molecule has 17 heteroatoms. The summed E-state index contributed by atoms with van der Waals surface area (Å²) < 4.78 is 73.6. The first-order valence-corrected chi connectivity index (χ1v) is 13.9. The summed E-state index contributed by atoms with van der Waals surface area (Å²) in [6, 6.07) is 11.2. The Hall–Kier alpha value is -4.67. The monoisotopic (exact) mass is 610 g/mol. The van der Waals surface area contributed by atoms with Crippen molar-refractivity contribution in [2.75, 3.05) is 13.3 Å². The molecule has 4 rings (SSSR count). The van der Waals surface area contributed by atoms with Crippen LogP contribution in [0.25, 0.3) is 16.9 Å². The highest BCUT2D eigenvalue weighted by atomic mass is 32.2. The van der Waals surface area contributed by atoms with Crippen LogP contribution in [0.15, 0.2) is 64.8 Å². The van der Waals surface area contributed by atoms with Crippen LogP contribution in [0.4, 0.5) is 13.2 Å². The zero-order valence-electron chi connectivity index (χ0n) is 22.2. The molecule has 2 aromatic carbocycles. The predicted octanol–water partition coefficient (Wildman–Crippen LogP) is 3.47. The van der Waals surface area contributed by atoms with Gasteiger partial charge >= 0.3 is 12.1 Å². The highest BCUT2D eigenvalue weighted by Gasteiger charge is 2.42. The number of hydrogen-bond donors (Lipinski definition) is 1. The van der Waals surface area contributed by atoms with E-state index in [1.54, 1.807) is 31.2 Å². The molecule has 3 aromatic rings. The van der Waals surface area contributed by atoms with Crippen molar-refractivity contribution in [3.63, 3.8) is 0 Å². The molecule has 1 amide bonds. The van der Waals surface area contributed by atoms with Gasteiger partial charge in [-0.15, -0.1) is 5.01 Å². The number of alkyl halides is 3. The molecule has 0 spiro atoms. The molecule has 1 aromatic heterocycles. The average molecular weight is 611 g/mol. The van der Waals surface area contributed by atoms with Crippen molar-refractivity contribution in [1.29, 1.82) is 0 Å². The molecule has 42 heavy (non-hydrogen) atoms. The van der Waals surface area contributed by atoms with E-state index in [-0.39, 0.29) is 40.6 Å². The minimum absolute atomic E-state index is 0.0557. The second-order valence-corrected chi connectivity index (χ2v) is 10.8. The second-order valence-electron chi connectivity index (χ2n) is 9.07. The number of halogens is 3. The number of amides is 1. The highest BCUT2D eigenvalue weighted by Crippen LogP contribution is 2.33. The summed E-state index contributed by atoms with van der Waals surface area (Å²) >= 11 is 0. The molecule has 1 N–H and O–H groups in total. The van der Waals surface area contributed by atoms with Crippen LogP contribution < -0.4 is 4.72 Å². The zero-order chi connectivity index (χ0) is 30.7. The van der Waals surface area contributed by atoms with Crippen molar-refractivity contribution in [3.05, 3.63) is 71.1 Å². The lowest BCUT2D eigenvalue weighted by Crippen LogP contribution is -2.59. The molecule has 0 radical (unpaired) electrons. The number of aryl methyl sites for hydroxylation is 1. The van der Waals surface area contributed by atoms with Gasteiger partial charge in [0.05, 0.1) is 27.8 Å². The first-order valence-electron chi connectivity index (χ1n) is 12.4. The molecule has 1 aliphatic rings. The van der Waals surface area contributed by atoms with E-state index in [4.69, 9.17) is 0 Å². The fourth-order valence-electron chi connectivity index (χ4n) is 3.83. The number of nitrogens with zero attached hydrogens (tertiary/aromatic N) is 5. The largest absolute Gasteiger partial charge is 0.569 e. The van der Waals surface area contributed by atoms with E-state index in [9.17, 15) is 36.4 Å². The summed E-state index contributed by atoms with van der Waals surface area (Å²) in [5.41, 5.74) is 0.520. The third-order valence-electron chi connectivity index (χ3n) is 6.18. The lowest BCUT2D eigenvalue weighted by molar-refractivity contribution is -0.729. The number of ether oxygens (including phenoxy) is 1. The Labute approximate surface area is 237 Å². The van der Waals surface area contributed by atoms with Crippen molar-refractivity contribution < 1.29 is 45.7 Å². The van der Waals surface area contributed by atoms with Crippen LogP contribution in [0, 0.1) is 12.1 Å². The summed E-state index contributed by atoms with van der Waals surface area (Å²) in [5.74, 6) is -1.59. The highest BCUT2D eigenvalue weighted by molar-refractivity contribution is 7.90. The lowest BCUT2D eigenvalue weighted by atomic mass is 10.1. The molecule has 1 saturated heterocycles. The maximum atomic E-state index is 13.5. The molecule has 1 fully saturated rings. The Morgan fingerprint density at radius 3 is 2.40 bits per heavy atom. The summed E-state index contributed by atoms with van der Waals surface area (Å²) in [6.07, 6.45) is -4.48. The number of esters is 1. The molecular formula is C25H25F3N6O7S. The number of benzene rings is 2. The smallest absolute Gasteiger partial charge is 0.435 e. The topological polar surface area (TPSA) is 158 Å². The van der Waals surface area contributed by atoms with Gasteiger partial charge in [-0.1, -0.05) is 36.8 Å². The standard InChI is InChI=1S/C25H25F3N6O7S/c1-3-23(35)40-15-41-31-34(37)32-13-12-20(32)24(36)30-42(38,39)19-10-8-18(9-11-19)33-21(14-22(29-33)25(26,27)28)17-6-4-16(2)5-7-17/h4-11,14,20H,3,12-13,15H2,1-2H3,(H,30,36)/b34-31+/t20-/m0/s1. The van der Waals surface area contributed by atoms with Gasteiger partial charge in [0.2, 0.25) is 5.28 Å². The molecular weight excluding hydrogens is 585 g/mol. The molecule has 224 valence electrons. The second kappa shape index (κ2) is 12.1. The summed E-state index contributed by atoms with van der Waals surface area (Å²) in [4.78, 5) is 27.8. The third-order valence-corrected chi connectivity index (χ3v) is 7.54. The van der Waals surface area contributed by atoms with Crippen molar-refractivity contribution in [2.24, 2.45) is 5.28 Å². The van der Waals surface area contributed by atoms with E-state index in [2.05, 4.69) is 20.0 Å². The van der Waals surface area contributed by atoms with Crippen LogP contribution in [-0.4, -0.2) is 59.4 Å². The lowest BCUT2D eigenvalue weighted by Gasteiger charge is -2.33. The van der Waals surface area contributed by atoms with Gasteiger partial charge in [0.1, 0.15) is 0 Å². The first kappa shape index (κ1) is 30.3. The van der Waals surface area contributed by atoms with Crippen LogP contribution in [0.5, 0.6) is 0 Å². The Morgan fingerprint density at radius 1 is 1.17 bits per heavy atom. The maximum Gasteiger partial charge on any atom is 0.435 e. The quantitative estimate of drug-likeness (QED) is 0.0906. The SMILES string of the molecule is CCC(=O)OCO/N=[N+](/[O-])N1CC[C@H]1C(=O)NS(=O)(=O)c1ccc(-n2nc(C(F)(F)F)cc2-c2ccc(C)cc2)cc1. The van der Waals surface area contributed by atoms with Gasteiger partial charge in [0.25, 0.3) is 22.7 Å². The Bertz CT molecular complexity index is 1590. The van der Waals surface area contributed by atoms with Gasteiger partial charge in [-0.25, -0.2) is 17.8 Å². The van der Waals surface area contributed by atoms with E-state index >= 15 is 0 Å². The summed E-state index contributed by atoms with van der Waals surface area (Å²) in [6.45, 7) is 2.84. The van der Waals surface area contributed by atoms with E-state index in [0.717, 1.165) is 33.5 Å². The number of carbonyl (C=O) groups is 2. The molecule has 0 saturated carbocycles. The van der Waals surface area contributed by atoms with Crippen LogP contribution in [0.1, 0.15) is 31.0 Å². The van der Waals surface area contributed by atoms with Gasteiger partial charge in [-0.2, -0.15) is 18.3 Å². The number of sulfonamides is 1. The molecule has 1 atom stereocenters. The van der Waals surface area contributed by atoms with Crippen LogP contribution in [-0.2, 0) is 35.4 Å². The Morgan fingerprint density at radius 2 is 1.83 bits per heavy atom. The molecule has 0 bridgehead atoms. The summed E-state index contributed by atoms with van der Waals surface area (Å²) in [7, 11) is -4.42. The van der Waals surface area contributed by atoms with E-state index < -0.39 is 46.6 Å². The normalized spacial score (nSPS) is 15.6. The number of rotatable bonds is 10. The third kappa shape index (κ3) is 6.79. The average Bonchev–Trinajstić information content (AvgIpc) is 3.37. The van der Waals surface area contributed by atoms with Gasteiger partial charge in [-0.05, 0) is 37.3 Å². The van der Waals surface area contributed by atoms with Gasteiger partial charge in [0, 0.05) is 18.4 Å². The molecule has 0 unspecified atom stereocenters. The number of hydrogen-bond acceptors (Lipinski definition) is 9. The van der Waals surface area contributed by atoms with Gasteiger partial charge in [-0.3, -0.25) is 9.59 Å². The van der Waals surface area contributed by atoms with Crippen molar-refractivity contribution in [3.8, 4) is 16.9 Å². The van der Waals surface area contributed by atoms with Gasteiger partial charge in [0.15, 0.2) is 11.7 Å². The molecule has 0 aliphatic carbocycles. The fraction of sp³-hybridized carbons (Fsp3) is 0.320. The van der Waals surface area contributed by atoms with Crippen molar-refractivity contribution in [2.45, 2.75) is 43.8 Å². The molecule has 2 heterocycles. The Balaban J connectivity index is 1.48. The van der Waals surface area contributed by atoms with E-state index in [0.29, 0.717) is 5.56 Å². The number of carbonyl (C=O) groups excluding carboxylic acids is 2. The van der Waals surface area contributed by atoms with Crippen molar-refractivity contribution in [1.82, 2.24) is 19.5 Å². The van der Waals surface area contributed by atoms with E-state index in [1.807, 2.05) is 11.6 Å². The van der Waals surface area contributed by atoms with E-state index in [1.165, 1.54) is 12.1 Å². The van der Waals surface area contributed by atoms with Crippen LogP contribution >= 0.6 is 0 Å². The van der Waals surface area contributed by atoms with Crippen LogP contribution in [0.3, 0.4) is 0 Å². The summed E-state index contributed by atoms with van der Waals surface area (Å²) in [5, 5.41) is 19.8. The van der Waals surface area contributed by atoms with Crippen molar-refractivity contribution >= 4 is 21.9 Å². The first-order chi connectivity index (χ1) is 19.8. The fourth-order valence-corrected chi connectivity index (χ4v) is 4.84. The number of aromatic nitrogens is 2.